The standard InChI is InChI=1S/C9H13N3O3S/c1-6-3-8(11-4-7(6)10)12-9(13)5-16(2,14)15/h3-4H,5,10H2,1-2H3,(H,11,12,13). The molecule has 0 saturated carbocycles. The van der Waals surface area contributed by atoms with E-state index in [1.54, 1.807) is 13.0 Å². The molecule has 0 saturated heterocycles. The average molecular weight is 243 g/mol. The fraction of sp³-hybridized carbons (Fsp3) is 0.333. The SMILES string of the molecule is Cc1cc(NC(=O)CS(C)(=O)=O)ncc1N. The average Bonchev–Trinajstić information content (AvgIpc) is 2.08. The first-order valence-corrected chi connectivity index (χ1v) is 6.53. The van der Waals surface area contributed by atoms with Crippen LogP contribution in [0.25, 0.3) is 0 Å². The van der Waals surface area contributed by atoms with E-state index in [-0.39, 0.29) is 0 Å². The van der Waals surface area contributed by atoms with Gasteiger partial charge in [0.15, 0.2) is 9.84 Å². The maximum atomic E-state index is 11.3. The molecule has 0 fully saturated rings. The van der Waals surface area contributed by atoms with Crippen molar-refractivity contribution in [2.45, 2.75) is 6.92 Å². The second-order valence-corrected chi connectivity index (χ2v) is 5.68. The van der Waals surface area contributed by atoms with E-state index in [1.807, 2.05) is 0 Å². The topological polar surface area (TPSA) is 102 Å². The minimum atomic E-state index is -3.33. The van der Waals surface area contributed by atoms with Crippen LogP contribution < -0.4 is 11.1 Å². The zero-order valence-electron chi connectivity index (χ0n) is 9.02. The number of nitrogens with two attached hydrogens (primary N) is 1. The molecule has 1 aromatic rings. The summed E-state index contributed by atoms with van der Waals surface area (Å²) in [7, 11) is -3.33. The number of anilines is 2. The zero-order chi connectivity index (χ0) is 12.3. The van der Waals surface area contributed by atoms with E-state index >= 15 is 0 Å². The number of hydrogen-bond acceptors (Lipinski definition) is 5. The highest BCUT2D eigenvalue weighted by Gasteiger charge is 2.11. The van der Waals surface area contributed by atoms with Gasteiger partial charge in [0.05, 0.1) is 11.9 Å². The van der Waals surface area contributed by atoms with Gasteiger partial charge in [0.25, 0.3) is 0 Å². The number of nitrogen functional groups attached to an aromatic ring is 1. The van der Waals surface area contributed by atoms with Gasteiger partial charge in [0.2, 0.25) is 5.91 Å². The van der Waals surface area contributed by atoms with Gasteiger partial charge in [-0.2, -0.15) is 0 Å². The molecule has 0 unspecified atom stereocenters. The lowest BCUT2D eigenvalue weighted by Crippen LogP contribution is -2.22. The Morgan fingerprint density at radius 2 is 2.19 bits per heavy atom. The highest BCUT2D eigenvalue weighted by molar-refractivity contribution is 7.91. The molecule has 1 amide bonds. The largest absolute Gasteiger partial charge is 0.397 e. The number of nitrogens with zero attached hydrogens (tertiary/aromatic N) is 1. The van der Waals surface area contributed by atoms with Crippen molar-refractivity contribution in [3.63, 3.8) is 0 Å². The van der Waals surface area contributed by atoms with Crippen molar-refractivity contribution < 1.29 is 13.2 Å². The number of rotatable bonds is 3. The fourth-order valence-corrected chi connectivity index (χ4v) is 1.60. The van der Waals surface area contributed by atoms with Crippen LogP contribution in [0.4, 0.5) is 11.5 Å². The number of nitrogens with one attached hydrogen (secondary N) is 1. The molecule has 0 bridgehead atoms. The molecule has 7 heteroatoms. The van der Waals surface area contributed by atoms with Crippen molar-refractivity contribution in [1.29, 1.82) is 0 Å². The summed E-state index contributed by atoms with van der Waals surface area (Å²) < 4.78 is 21.7. The van der Waals surface area contributed by atoms with E-state index in [1.165, 1.54) is 6.20 Å². The number of amides is 1. The molecule has 0 aliphatic carbocycles. The van der Waals surface area contributed by atoms with Crippen LogP contribution in [-0.2, 0) is 14.6 Å². The van der Waals surface area contributed by atoms with Crippen molar-refractivity contribution in [3.8, 4) is 0 Å². The van der Waals surface area contributed by atoms with Crippen LogP contribution in [0.1, 0.15) is 5.56 Å². The summed E-state index contributed by atoms with van der Waals surface area (Å²) in [6.45, 7) is 1.77. The van der Waals surface area contributed by atoms with Gasteiger partial charge in [-0.1, -0.05) is 0 Å². The molecule has 6 nitrogen and oxygen atoms in total. The van der Waals surface area contributed by atoms with Crippen LogP contribution in [0.2, 0.25) is 0 Å². The van der Waals surface area contributed by atoms with Gasteiger partial charge in [0.1, 0.15) is 11.6 Å². The van der Waals surface area contributed by atoms with Gasteiger partial charge in [-0.05, 0) is 18.6 Å². The minimum absolute atomic E-state index is 0.292. The van der Waals surface area contributed by atoms with Crippen molar-refractivity contribution in [1.82, 2.24) is 4.98 Å². The first-order valence-electron chi connectivity index (χ1n) is 4.47. The highest BCUT2D eigenvalue weighted by Crippen LogP contribution is 2.12. The Morgan fingerprint density at radius 3 is 2.69 bits per heavy atom. The van der Waals surface area contributed by atoms with Crippen molar-refractivity contribution in [3.05, 3.63) is 17.8 Å². The Morgan fingerprint density at radius 1 is 1.56 bits per heavy atom. The van der Waals surface area contributed by atoms with Crippen LogP contribution in [0.15, 0.2) is 12.3 Å². The Hall–Kier alpha value is -1.63. The summed E-state index contributed by atoms with van der Waals surface area (Å²) in [4.78, 5) is 15.1. The minimum Gasteiger partial charge on any atom is -0.397 e. The normalized spacial score (nSPS) is 11.1. The Labute approximate surface area is 93.8 Å². The summed E-state index contributed by atoms with van der Waals surface area (Å²) in [6.07, 6.45) is 2.40. The fourth-order valence-electron chi connectivity index (χ4n) is 1.05. The molecule has 1 rings (SSSR count). The Balaban J connectivity index is 2.74. The zero-order valence-corrected chi connectivity index (χ0v) is 9.84. The predicted molar refractivity (Wildman–Crippen MR) is 61.7 cm³/mol. The number of sulfone groups is 1. The van der Waals surface area contributed by atoms with E-state index in [2.05, 4.69) is 10.3 Å². The van der Waals surface area contributed by atoms with Crippen LogP contribution >= 0.6 is 0 Å². The summed E-state index contributed by atoms with van der Waals surface area (Å²) in [5.74, 6) is -0.877. The van der Waals surface area contributed by atoms with E-state index in [0.717, 1.165) is 11.8 Å². The third kappa shape index (κ3) is 3.85. The quantitative estimate of drug-likeness (QED) is 0.775. The summed E-state index contributed by atoms with van der Waals surface area (Å²) in [5, 5.41) is 2.38. The molecule has 16 heavy (non-hydrogen) atoms. The van der Waals surface area contributed by atoms with Gasteiger partial charge in [-0.25, -0.2) is 13.4 Å². The third-order valence-electron chi connectivity index (χ3n) is 1.81. The molecular formula is C9H13N3O3S. The van der Waals surface area contributed by atoms with E-state index in [9.17, 15) is 13.2 Å². The molecule has 0 aliphatic heterocycles. The molecule has 0 aliphatic rings. The molecule has 88 valence electrons. The van der Waals surface area contributed by atoms with E-state index < -0.39 is 21.5 Å². The van der Waals surface area contributed by atoms with Gasteiger partial charge < -0.3 is 11.1 Å². The number of aromatic nitrogens is 1. The van der Waals surface area contributed by atoms with E-state index in [0.29, 0.717) is 11.5 Å². The van der Waals surface area contributed by atoms with Crippen molar-refractivity contribution >= 4 is 27.2 Å². The van der Waals surface area contributed by atoms with Crippen LogP contribution in [-0.4, -0.2) is 31.3 Å². The maximum absolute atomic E-state index is 11.3. The molecule has 1 heterocycles. The van der Waals surface area contributed by atoms with Gasteiger partial charge in [0, 0.05) is 6.26 Å². The van der Waals surface area contributed by atoms with Gasteiger partial charge >= 0.3 is 0 Å². The number of hydrogen-bond donors (Lipinski definition) is 2. The first kappa shape index (κ1) is 12.4. The molecule has 0 radical (unpaired) electrons. The van der Waals surface area contributed by atoms with Gasteiger partial charge in [-0.15, -0.1) is 0 Å². The number of carbonyl (C=O) groups is 1. The smallest absolute Gasteiger partial charge is 0.240 e. The van der Waals surface area contributed by atoms with Crippen LogP contribution in [0.5, 0.6) is 0 Å². The lowest BCUT2D eigenvalue weighted by molar-refractivity contribution is -0.113. The third-order valence-corrected chi connectivity index (χ3v) is 2.60. The number of aryl methyl sites for hydroxylation is 1. The maximum Gasteiger partial charge on any atom is 0.240 e. The van der Waals surface area contributed by atoms with Crippen molar-refractivity contribution in [2.24, 2.45) is 0 Å². The molecular weight excluding hydrogens is 230 g/mol. The first-order chi connectivity index (χ1) is 7.28. The highest BCUT2D eigenvalue weighted by atomic mass is 32.2. The lowest BCUT2D eigenvalue weighted by Gasteiger charge is -2.05. The number of pyridine rings is 1. The molecule has 1 aromatic heterocycles. The monoisotopic (exact) mass is 243 g/mol. The molecule has 0 aromatic carbocycles. The molecule has 0 spiro atoms. The summed E-state index contributed by atoms with van der Waals surface area (Å²) >= 11 is 0. The second kappa shape index (κ2) is 4.48. The predicted octanol–water partition coefficient (Wildman–Crippen LogP) is -0.0447. The summed E-state index contributed by atoms with van der Waals surface area (Å²) in [5.41, 5.74) is 6.83. The molecule has 3 N–H and O–H groups in total. The number of carbonyl (C=O) groups excluding carboxylic acids is 1. The van der Waals surface area contributed by atoms with Crippen molar-refractivity contribution in [2.75, 3.05) is 23.1 Å². The van der Waals surface area contributed by atoms with Gasteiger partial charge in [-0.3, -0.25) is 4.79 Å². The second-order valence-electron chi connectivity index (χ2n) is 3.54. The van der Waals surface area contributed by atoms with Crippen LogP contribution in [0, 0.1) is 6.92 Å². The lowest BCUT2D eigenvalue weighted by atomic mass is 10.2. The molecule has 0 atom stereocenters. The van der Waals surface area contributed by atoms with Crippen LogP contribution in [0.3, 0.4) is 0 Å². The Bertz CT molecular complexity index is 511. The van der Waals surface area contributed by atoms with E-state index in [4.69, 9.17) is 5.73 Å². The Kier molecular flexibility index (Phi) is 3.48. The summed E-state index contributed by atoms with van der Waals surface area (Å²) in [6, 6.07) is 1.58.